The molecule has 0 heterocycles. The Balaban J connectivity index is 2.44. The molecule has 0 saturated heterocycles. The molecule has 1 unspecified atom stereocenters. The molecule has 1 aromatic rings. The molecule has 0 radical (unpaired) electrons. The van der Waals surface area contributed by atoms with E-state index in [1.165, 1.54) is 36.0 Å². The van der Waals surface area contributed by atoms with Crippen LogP contribution < -0.4 is 9.88 Å². The molecular formula is C13H19NO5S2. The molecule has 21 heavy (non-hydrogen) atoms. The van der Waals surface area contributed by atoms with Gasteiger partial charge in [-0.15, -0.1) is 11.8 Å². The van der Waals surface area contributed by atoms with Gasteiger partial charge in [0.2, 0.25) is 10.0 Å². The summed E-state index contributed by atoms with van der Waals surface area (Å²) < 4.78 is 27.6. The number of hydrogen-bond acceptors (Lipinski definition) is 5. The van der Waals surface area contributed by atoms with Crippen LogP contribution >= 0.6 is 11.8 Å². The van der Waals surface area contributed by atoms with Crippen LogP contribution in [0, 0.1) is 5.92 Å². The Morgan fingerprint density at radius 2 is 1.90 bits per heavy atom. The van der Waals surface area contributed by atoms with E-state index in [9.17, 15) is 13.2 Å². The maximum atomic E-state index is 11.1. The van der Waals surface area contributed by atoms with Gasteiger partial charge in [-0.1, -0.05) is 13.8 Å². The van der Waals surface area contributed by atoms with E-state index in [2.05, 4.69) is 0 Å². The largest absolute Gasteiger partial charge is 0.493 e. The van der Waals surface area contributed by atoms with Gasteiger partial charge < -0.3 is 9.84 Å². The number of aliphatic carboxylic acids is 1. The second kappa shape index (κ2) is 7.67. The van der Waals surface area contributed by atoms with E-state index in [1.807, 2.05) is 13.8 Å². The van der Waals surface area contributed by atoms with Gasteiger partial charge in [0.05, 0.1) is 11.5 Å². The Kier molecular flexibility index (Phi) is 6.50. The summed E-state index contributed by atoms with van der Waals surface area (Å²) in [4.78, 5) is 11.0. The molecule has 0 bridgehead atoms. The number of sulfonamides is 1. The summed E-state index contributed by atoms with van der Waals surface area (Å²) in [6, 6.07) is 5.76. The van der Waals surface area contributed by atoms with Crippen molar-refractivity contribution in [1.29, 1.82) is 0 Å². The first-order chi connectivity index (χ1) is 9.71. The molecule has 0 aliphatic rings. The van der Waals surface area contributed by atoms with Gasteiger partial charge in [-0.3, -0.25) is 4.79 Å². The lowest BCUT2D eigenvalue weighted by atomic mass is 10.1. The van der Waals surface area contributed by atoms with E-state index in [0.29, 0.717) is 18.1 Å². The van der Waals surface area contributed by atoms with Gasteiger partial charge >= 0.3 is 5.97 Å². The van der Waals surface area contributed by atoms with Crippen LogP contribution in [0.3, 0.4) is 0 Å². The van der Waals surface area contributed by atoms with Crippen LogP contribution in [-0.2, 0) is 14.8 Å². The van der Waals surface area contributed by atoms with Gasteiger partial charge in [-0.2, -0.15) is 0 Å². The van der Waals surface area contributed by atoms with E-state index in [4.69, 9.17) is 15.0 Å². The Morgan fingerprint density at radius 1 is 1.33 bits per heavy atom. The number of rotatable bonds is 8. The SMILES string of the molecule is CC(C)C(SCCOc1ccc(S(N)(=O)=O)cc1)C(=O)O. The maximum absolute atomic E-state index is 11.1. The third-order valence-electron chi connectivity index (χ3n) is 2.65. The van der Waals surface area contributed by atoms with Gasteiger partial charge in [0.1, 0.15) is 11.0 Å². The van der Waals surface area contributed by atoms with Crippen LogP contribution in [-0.4, -0.2) is 37.1 Å². The van der Waals surface area contributed by atoms with Crippen LogP contribution in [0.25, 0.3) is 0 Å². The van der Waals surface area contributed by atoms with E-state index >= 15 is 0 Å². The number of carboxylic acid groups (broad SMARTS) is 1. The van der Waals surface area contributed by atoms with E-state index in [-0.39, 0.29) is 10.8 Å². The minimum Gasteiger partial charge on any atom is -0.493 e. The zero-order valence-electron chi connectivity index (χ0n) is 11.9. The maximum Gasteiger partial charge on any atom is 0.316 e. The summed E-state index contributed by atoms with van der Waals surface area (Å²) >= 11 is 1.32. The highest BCUT2D eigenvalue weighted by molar-refractivity contribution is 8.00. The van der Waals surface area contributed by atoms with Crippen molar-refractivity contribution in [3.63, 3.8) is 0 Å². The lowest BCUT2D eigenvalue weighted by Crippen LogP contribution is -2.23. The number of primary sulfonamides is 1. The summed E-state index contributed by atoms with van der Waals surface area (Å²) in [6.07, 6.45) is 0. The molecule has 0 spiro atoms. The first-order valence-electron chi connectivity index (χ1n) is 6.32. The Labute approximate surface area is 128 Å². The molecule has 6 nitrogen and oxygen atoms in total. The fourth-order valence-electron chi connectivity index (χ4n) is 1.61. The number of hydrogen-bond donors (Lipinski definition) is 2. The van der Waals surface area contributed by atoms with E-state index < -0.39 is 21.2 Å². The summed E-state index contributed by atoms with van der Waals surface area (Å²) in [6.45, 7) is 4.06. The molecule has 118 valence electrons. The number of ether oxygens (including phenoxy) is 1. The molecule has 1 aromatic carbocycles. The number of carbonyl (C=O) groups is 1. The third-order valence-corrected chi connectivity index (χ3v) is 5.09. The number of benzene rings is 1. The summed E-state index contributed by atoms with van der Waals surface area (Å²) in [5, 5.41) is 13.6. The van der Waals surface area contributed by atoms with Gasteiger partial charge in [0.25, 0.3) is 0 Å². The van der Waals surface area contributed by atoms with E-state index in [1.54, 1.807) is 0 Å². The molecule has 0 aliphatic heterocycles. The Hall–Kier alpha value is -1.25. The molecule has 8 heteroatoms. The minimum absolute atomic E-state index is 0.0231. The van der Waals surface area contributed by atoms with Crippen molar-refractivity contribution in [3.05, 3.63) is 24.3 Å². The average molecular weight is 333 g/mol. The zero-order chi connectivity index (χ0) is 16.0. The fourth-order valence-corrected chi connectivity index (χ4v) is 3.09. The van der Waals surface area contributed by atoms with Crippen molar-refractivity contribution in [3.8, 4) is 5.75 Å². The fraction of sp³-hybridized carbons (Fsp3) is 0.462. The van der Waals surface area contributed by atoms with Crippen molar-refractivity contribution >= 4 is 27.8 Å². The van der Waals surface area contributed by atoms with Crippen LogP contribution in [0.1, 0.15) is 13.8 Å². The normalized spacial score (nSPS) is 13.1. The molecular weight excluding hydrogens is 314 g/mol. The standard InChI is InChI=1S/C13H19NO5S2/c1-9(2)12(13(15)16)20-8-7-19-10-3-5-11(6-4-10)21(14,17)18/h3-6,9,12H,7-8H2,1-2H3,(H,15,16)(H2,14,17,18). The predicted molar refractivity (Wildman–Crippen MR) is 82.0 cm³/mol. The van der Waals surface area contributed by atoms with Crippen molar-refractivity contribution in [1.82, 2.24) is 0 Å². The van der Waals surface area contributed by atoms with Crippen LogP contribution in [0.15, 0.2) is 29.2 Å². The monoisotopic (exact) mass is 333 g/mol. The van der Waals surface area contributed by atoms with Gasteiger partial charge in [0.15, 0.2) is 0 Å². The van der Waals surface area contributed by atoms with Crippen LogP contribution in [0.5, 0.6) is 5.75 Å². The first kappa shape index (κ1) is 17.8. The zero-order valence-corrected chi connectivity index (χ0v) is 13.5. The van der Waals surface area contributed by atoms with Crippen molar-refractivity contribution in [2.24, 2.45) is 11.1 Å². The Morgan fingerprint density at radius 3 is 2.33 bits per heavy atom. The van der Waals surface area contributed by atoms with E-state index in [0.717, 1.165) is 0 Å². The van der Waals surface area contributed by atoms with Crippen LogP contribution in [0.2, 0.25) is 0 Å². The molecule has 0 aliphatic carbocycles. The van der Waals surface area contributed by atoms with Gasteiger partial charge in [0, 0.05) is 5.75 Å². The van der Waals surface area contributed by atoms with Crippen molar-refractivity contribution in [2.45, 2.75) is 24.0 Å². The first-order valence-corrected chi connectivity index (χ1v) is 8.91. The molecule has 0 saturated carbocycles. The number of thioether (sulfide) groups is 1. The van der Waals surface area contributed by atoms with Crippen molar-refractivity contribution in [2.75, 3.05) is 12.4 Å². The minimum atomic E-state index is -3.70. The Bertz CT molecular complexity index is 569. The number of nitrogens with two attached hydrogens (primary N) is 1. The quantitative estimate of drug-likeness (QED) is 0.699. The third kappa shape index (κ3) is 5.94. The molecule has 3 N–H and O–H groups in total. The summed E-state index contributed by atoms with van der Waals surface area (Å²) in [5.41, 5.74) is 0. The molecule has 1 atom stereocenters. The second-order valence-electron chi connectivity index (χ2n) is 4.74. The van der Waals surface area contributed by atoms with Gasteiger partial charge in [-0.05, 0) is 30.2 Å². The molecule has 1 rings (SSSR count). The molecule has 0 aromatic heterocycles. The molecule has 0 amide bonds. The van der Waals surface area contributed by atoms with Gasteiger partial charge in [-0.25, -0.2) is 13.6 Å². The molecule has 0 fully saturated rings. The highest BCUT2D eigenvalue weighted by Crippen LogP contribution is 2.20. The summed E-state index contributed by atoms with van der Waals surface area (Å²) in [5.74, 6) is 0.264. The lowest BCUT2D eigenvalue weighted by Gasteiger charge is -2.15. The highest BCUT2D eigenvalue weighted by Gasteiger charge is 2.21. The van der Waals surface area contributed by atoms with Crippen molar-refractivity contribution < 1.29 is 23.1 Å². The highest BCUT2D eigenvalue weighted by atomic mass is 32.2. The number of carboxylic acids is 1. The average Bonchev–Trinajstić information content (AvgIpc) is 2.37. The predicted octanol–water partition coefficient (Wildman–Crippen LogP) is 1.56. The summed E-state index contributed by atoms with van der Waals surface area (Å²) in [7, 11) is -3.70. The lowest BCUT2D eigenvalue weighted by molar-refractivity contribution is -0.137. The second-order valence-corrected chi connectivity index (χ2v) is 7.55. The smallest absolute Gasteiger partial charge is 0.316 e. The topological polar surface area (TPSA) is 107 Å². The van der Waals surface area contributed by atoms with Crippen LogP contribution in [0.4, 0.5) is 0 Å².